The van der Waals surface area contributed by atoms with Crippen molar-refractivity contribution in [1.82, 2.24) is 0 Å². The number of carbonyl (C=O) groups excluding carboxylic acids is 1. The number of benzene rings is 3. The van der Waals surface area contributed by atoms with Crippen molar-refractivity contribution in [1.29, 1.82) is 0 Å². The van der Waals surface area contributed by atoms with Crippen LogP contribution in [-0.4, -0.2) is 36.6 Å². The molecule has 1 N–H and O–H groups in total. The van der Waals surface area contributed by atoms with Crippen LogP contribution in [0.3, 0.4) is 0 Å². The molecule has 3 aromatic carbocycles. The van der Waals surface area contributed by atoms with Crippen molar-refractivity contribution < 1.29 is 14.0 Å². The number of carbonyl (C=O) groups is 1. The van der Waals surface area contributed by atoms with Crippen molar-refractivity contribution in [3.63, 3.8) is 0 Å². The molecule has 0 atom stereocenters. The van der Waals surface area contributed by atoms with E-state index >= 15 is 0 Å². The van der Waals surface area contributed by atoms with E-state index in [0.717, 1.165) is 40.2 Å². The average Bonchev–Trinajstić information content (AvgIpc) is 3.13. The van der Waals surface area contributed by atoms with Crippen molar-refractivity contribution in [2.24, 2.45) is 0 Å². The van der Waals surface area contributed by atoms with Gasteiger partial charge in [-0.1, -0.05) is 48.0 Å². The molecule has 1 amide bonds. The fourth-order valence-corrected chi connectivity index (χ4v) is 5.49. The van der Waals surface area contributed by atoms with Crippen LogP contribution < -0.4 is 10.1 Å². The van der Waals surface area contributed by atoms with Gasteiger partial charge in [-0.3, -0.25) is 4.79 Å². The number of fused-ring (bicyclic) bond motifs is 1. The zero-order chi connectivity index (χ0) is 25.0. The van der Waals surface area contributed by atoms with Crippen LogP contribution in [0, 0.1) is 6.92 Å². The third kappa shape index (κ3) is 5.55. The van der Waals surface area contributed by atoms with Crippen LogP contribution in [0.5, 0.6) is 5.75 Å². The summed E-state index contributed by atoms with van der Waals surface area (Å²) in [5, 5.41) is 3.11. The molecule has 1 fully saturated rings. The van der Waals surface area contributed by atoms with E-state index < -0.39 is 0 Å². The molecule has 2 aliphatic rings. The van der Waals surface area contributed by atoms with Gasteiger partial charge in [-0.15, -0.1) is 0 Å². The molecule has 2 heterocycles. The van der Waals surface area contributed by atoms with Crippen LogP contribution in [0.15, 0.2) is 72.3 Å². The Balaban J connectivity index is 1.30. The minimum Gasteiger partial charge on any atom is -0.493 e. The quantitative estimate of drug-likeness (QED) is 0.386. The highest BCUT2D eigenvalue weighted by molar-refractivity contribution is 6.07. The number of rotatable bonds is 6. The van der Waals surface area contributed by atoms with Crippen LogP contribution >= 0.6 is 0 Å². The molecular weight excluding hydrogens is 444 g/mol. The minimum absolute atomic E-state index is 0.0620. The molecule has 4 nitrogen and oxygen atoms in total. The summed E-state index contributed by atoms with van der Waals surface area (Å²) in [6.07, 6.45) is 6.58. The number of likely N-dealkylation sites (tertiary alicyclic amines) is 1. The molecular formula is C32H37N2O2+. The molecule has 0 saturated carbocycles. The zero-order valence-corrected chi connectivity index (χ0v) is 21.6. The Kier molecular flexibility index (Phi) is 7.24. The maximum absolute atomic E-state index is 13.2. The fraction of sp³-hybridized carbons (Fsp3) is 0.344. The number of anilines is 1. The number of nitrogens with zero attached hydrogens (tertiary/aromatic N) is 1. The molecule has 186 valence electrons. The minimum atomic E-state index is -0.0620. The summed E-state index contributed by atoms with van der Waals surface area (Å²) in [5.41, 5.74) is 7.38. The lowest BCUT2D eigenvalue weighted by Crippen LogP contribution is -2.50. The molecule has 1 saturated heterocycles. The maximum Gasteiger partial charge on any atom is 0.251 e. The van der Waals surface area contributed by atoms with Gasteiger partial charge in [0.1, 0.15) is 12.3 Å². The monoisotopic (exact) mass is 481 g/mol. The number of piperidine rings is 1. The number of aryl methyl sites for hydroxylation is 1. The first kappa shape index (κ1) is 24.3. The second-order valence-electron chi connectivity index (χ2n) is 10.4. The SMILES string of the molecule is CC[N+]1(Cc2ccc(NC(=O)C3=Cc4cc(-c5ccc(C)cc5)ccc4OCC3)cc2)CCCCC1. The Morgan fingerprint density at radius 3 is 2.36 bits per heavy atom. The van der Waals surface area contributed by atoms with Crippen molar-refractivity contribution in [3.05, 3.63) is 89.0 Å². The standard InChI is InChI=1S/C32H36N2O2/c1-3-34(18-5-4-6-19-34)23-25-9-14-30(15-10-25)33-32(35)28-17-20-36-31-16-13-27(21-29(31)22-28)26-11-7-24(2)8-12-26/h7-16,21-22H,3-6,17-20,23H2,1-2H3/p+1. The van der Waals surface area contributed by atoms with Crippen molar-refractivity contribution in [3.8, 4) is 16.9 Å². The van der Waals surface area contributed by atoms with E-state index in [1.165, 1.54) is 54.5 Å². The van der Waals surface area contributed by atoms with Crippen molar-refractivity contribution in [2.75, 3.05) is 31.6 Å². The number of amides is 1. The molecule has 5 rings (SSSR count). The highest BCUT2D eigenvalue weighted by Gasteiger charge is 2.28. The van der Waals surface area contributed by atoms with Crippen LogP contribution in [0.4, 0.5) is 5.69 Å². The van der Waals surface area contributed by atoms with Crippen LogP contribution in [0.1, 0.15) is 49.3 Å². The van der Waals surface area contributed by atoms with Gasteiger partial charge in [0.15, 0.2) is 0 Å². The maximum atomic E-state index is 13.2. The molecule has 0 radical (unpaired) electrons. The molecule has 3 aromatic rings. The van der Waals surface area contributed by atoms with Gasteiger partial charge in [0, 0.05) is 28.8 Å². The third-order valence-corrected chi connectivity index (χ3v) is 7.81. The van der Waals surface area contributed by atoms with Gasteiger partial charge in [0.05, 0.1) is 26.2 Å². The predicted molar refractivity (Wildman–Crippen MR) is 148 cm³/mol. The van der Waals surface area contributed by atoms with Gasteiger partial charge in [-0.2, -0.15) is 0 Å². The number of ether oxygens (including phenoxy) is 1. The fourth-order valence-electron chi connectivity index (χ4n) is 5.49. The van der Waals surface area contributed by atoms with Crippen LogP contribution in [0.25, 0.3) is 17.2 Å². The first-order valence-electron chi connectivity index (χ1n) is 13.3. The lowest BCUT2D eigenvalue weighted by Gasteiger charge is -2.41. The number of hydrogen-bond donors (Lipinski definition) is 1. The molecule has 0 aliphatic carbocycles. The van der Waals surface area contributed by atoms with Crippen molar-refractivity contribution >= 4 is 17.7 Å². The molecule has 36 heavy (non-hydrogen) atoms. The summed E-state index contributed by atoms with van der Waals surface area (Å²) in [5.74, 6) is 0.761. The van der Waals surface area contributed by atoms with Gasteiger partial charge >= 0.3 is 0 Å². The lowest BCUT2D eigenvalue weighted by molar-refractivity contribution is -0.943. The molecule has 0 unspecified atom stereocenters. The average molecular weight is 482 g/mol. The van der Waals surface area contributed by atoms with Gasteiger partial charge in [0.2, 0.25) is 0 Å². The molecule has 2 aliphatic heterocycles. The summed E-state index contributed by atoms with van der Waals surface area (Å²) in [4.78, 5) is 13.2. The molecule has 0 aromatic heterocycles. The van der Waals surface area contributed by atoms with Gasteiger partial charge in [0.25, 0.3) is 5.91 Å². The van der Waals surface area contributed by atoms with E-state index in [-0.39, 0.29) is 5.91 Å². The van der Waals surface area contributed by atoms with Gasteiger partial charge in [-0.05, 0) is 74.6 Å². The first-order valence-corrected chi connectivity index (χ1v) is 13.3. The second-order valence-corrected chi connectivity index (χ2v) is 10.4. The third-order valence-electron chi connectivity index (χ3n) is 7.81. The Morgan fingerprint density at radius 2 is 1.64 bits per heavy atom. The Labute approximate surface area is 215 Å². The summed E-state index contributed by atoms with van der Waals surface area (Å²) < 4.78 is 7.15. The Morgan fingerprint density at radius 1 is 0.917 bits per heavy atom. The Bertz CT molecular complexity index is 1240. The van der Waals surface area contributed by atoms with Crippen molar-refractivity contribution in [2.45, 2.75) is 46.1 Å². The smallest absolute Gasteiger partial charge is 0.251 e. The van der Waals surface area contributed by atoms with E-state index in [1.54, 1.807) is 0 Å². The second kappa shape index (κ2) is 10.7. The van der Waals surface area contributed by atoms with Crippen LogP contribution in [0.2, 0.25) is 0 Å². The van der Waals surface area contributed by atoms with Gasteiger partial charge < -0.3 is 14.5 Å². The molecule has 4 heteroatoms. The highest BCUT2D eigenvalue weighted by Crippen LogP contribution is 2.31. The zero-order valence-electron chi connectivity index (χ0n) is 21.6. The lowest BCUT2D eigenvalue weighted by atomic mass is 10.00. The highest BCUT2D eigenvalue weighted by atomic mass is 16.5. The topological polar surface area (TPSA) is 38.3 Å². The first-order chi connectivity index (χ1) is 17.5. The summed E-state index contributed by atoms with van der Waals surface area (Å²) >= 11 is 0. The normalized spacial score (nSPS) is 16.8. The largest absolute Gasteiger partial charge is 0.493 e. The predicted octanol–water partition coefficient (Wildman–Crippen LogP) is 6.99. The number of nitrogens with one attached hydrogen (secondary N) is 1. The van der Waals surface area contributed by atoms with E-state index in [0.29, 0.717) is 13.0 Å². The molecule has 0 bridgehead atoms. The summed E-state index contributed by atoms with van der Waals surface area (Å²) in [6.45, 7) is 9.71. The Hall–Kier alpha value is -3.37. The summed E-state index contributed by atoms with van der Waals surface area (Å²) in [7, 11) is 0. The number of hydrogen-bond acceptors (Lipinski definition) is 2. The van der Waals surface area contributed by atoms with E-state index in [1.807, 2.05) is 24.3 Å². The summed E-state index contributed by atoms with van der Waals surface area (Å²) in [6, 6.07) is 23.1. The van der Waals surface area contributed by atoms with E-state index in [9.17, 15) is 4.79 Å². The van der Waals surface area contributed by atoms with E-state index in [2.05, 4.69) is 67.7 Å². The number of quaternary nitrogens is 1. The molecule has 0 spiro atoms. The van der Waals surface area contributed by atoms with Gasteiger partial charge in [-0.25, -0.2) is 0 Å². The van der Waals surface area contributed by atoms with Crippen LogP contribution in [-0.2, 0) is 11.3 Å². The van der Waals surface area contributed by atoms with E-state index in [4.69, 9.17) is 4.74 Å².